The van der Waals surface area contributed by atoms with E-state index < -0.39 is 0 Å². The van der Waals surface area contributed by atoms with Gasteiger partial charge in [0.15, 0.2) is 0 Å². The van der Waals surface area contributed by atoms with Gasteiger partial charge in [0.25, 0.3) is 0 Å². The van der Waals surface area contributed by atoms with Crippen LogP contribution in [0.4, 0.5) is 0 Å². The van der Waals surface area contributed by atoms with Crippen LogP contribution < -0.4 is 0 Å². The van der Waals surface area contributed by atoms with Crippen molar-refractivity contribution in [3.05, 3.63) is 29.8 Å². The summed E-state index contributed by atoms with van der Waals surface area (Å²) in [5.41, 5.74) is 2.05. The molecule has 0 aliphatic heterocycles. The van der Waals surface area contributed by atoms with Crippen molar-refractivity contribution in [2.45, 2.75) is 13.8 Å². The van der Waals surface area contributed by atoms with Gasteiger partial charge in [-0.25, -0.2) is 0 Å². The van der Waals surface area contributed by atoms with Gasteiger partial charge in [-0.05, 0) is 31.6 Å². The van der Waals surface area contributed by atoms with E-state index in [0.29, 0.717) is 11.1 Å². The monoisotopic (exact) mass is 164 g/mol. The molecule has 12 heavy (non-hydrogen) atoms. The summed E-state index contributed by atoms with van der Waals surface area (Å²) in [5.74, 6) is 0.351. The van der Waals surface area contributed by atoms with E-state index in [2.05, 4.69) is 6.58 Å². The number of hydrogen-bond donors (Lipinski definition) is 2. The summed E-state index contributed by atoms with van der Waals surface area (Å²) in [7, 11) is 0. The molecule has 1 rings (SSSR count). The van der Waals surface area contributed by atoms with Crippen molar-refractivity contribution in [2.24, 2.45) is 0 Å². The van der Waals surface area contributed by atoms with Gasteiger partial charge in [-0.3, -0.25) is 0 Å². The largest absolute Gasteiger partial charge is 0.508 e. The van der Waals surface area contributed by atoms with Crippen molar-refractivity contribution in [1.29, 1.82) is 0 Å². The van der Waals surface area contributed by atoms with E-state index in [9.17, 15) is 10.2 Å². The second kappa shape index (κ2) is 2.89. The van der Waals surface area contributed by atoms with Gasteiger partial charge in [0, 0.05) is 11.1 Å². The van der Waals surface area contributed by atoms with E-state index in [-0.39, 0.29) is 11.5 Å². The Balaban J connectivity index is 3.43. The second-order valence-electron chi connectivity index (χ2n) is 2.88. The normalized spacial score (nSPS) is 9.83. The molecule has 2 heteroatoms. The third-order valence-corrected chi connectivity index (χ3v) is 1.84. The molecular formula is C10H12O2. The summed E-state index contributed by atoms with van der Waals surface area (Å²) in [6.45, 7) is 7.26. The number of allylic oxidation sites excluding steroid dienone is 1. The average molecular weight is 164 g/mol. The Labute approximate surface area is 71.8 Å². The summed E-state index contributed by atoms with van der Waals surface area (Å²) >= 11 is 0. The predicted molar refractivity (Wildman–Crippen MR) is 49.2 cm³/mol. The lowest BCUT2D eigenvalue weighted by atomic mass is 10.0. The fourth-order valence-electron chi connectivity index (χ4n) is 1.23. The number of phenolic OH excluding ortho intramolecular Hbond substituents is 2. The van der Waals surface area contributed by atoms with Crippen molar-refractivity contribution in [2.75, 3.05) is 0 Å². The van der Waals surface area contributed by atoms with Crippen LogP contribution >= 0.6 is 0 Å². The lowest BCUT2D eigenvalue weighted by molar-refractivity contribution is 0.455. The molecule has 1 aromatic rings. The molecule has 0 aliphatic carbocycles. The summed E-state index contributed by atoms with van der Waals surface area (Å²) in [6, 6.07) is 2.93. The fourth-order valence-corrected chi connectivity index (χ4v) is 1.23. The number of rotatable bonds is 1. The Morgan fingerprint density at radius 1 is 1.25 bits per heavy atom. The third kappa shape index (κ3) is 1.28. The number of hydrogen-bond acceptors (Lipinski definition) is 2. The summed E-state index contributed by atoms with van der Waals surface area (Å²) in [6.07, 6.45) is 0. The van der Waals surface area contributed by atoms with Crippen LogP contribution in [0, 0.1) is 6.92 Å². The molecule has 1 aromatic carbocycles. The van der Waals surface area contributed by atoms with Crippen LogP contribution in [0.5, 0.6) is 11.5 Å². The maximum absolute atomic E-state index is 9.41. The minimum absolute atomic E-state index is 0.165. The maximum Gasteiger partial charge on any atom is 0.123 e. The van der Waals surface area contributed by atoms with Crippen molar-refractivity contribution < 1.29 is 10.2 Å². The van der Waals surface area contributed by atoms with Gasteiger partial charge < -0.3 is 10.2 Å². The minimum atomic E-state index is 0.165. The van der Waals surface area contributed by atoms with Gasteiger partial charge in [-0.1, -0.05) is 6.58 Å². The maximum atomic E-state index is 9.41. The van der Waals surface area contributed by atoms with E-state index in [1.54, 1.807) is 13.8 Å². The molecule has 0 saturated heterocycles. The van der Waals surface area contributed by atoms with E-state index in [0.717, 1.165) is 5.57 Å². The predicted octanol–water partition coefficient (Wildman–Crippen LogP) is 2.44. The first-order valence-electron chi connectivity index (χ1n) is 3.71. The zero-order valence-electron chi connectivity index (χ0n) is 7.26. The Bertz CT molecular complexity index is 327. The molecule has 0 bridgehead atoms. The van der Waals surface area contributed by atoms with Crippen LogP contribution in [0.25, 0.3) is 5.57 Å². The first kappa shape index (κ1) is 8.65. The molecule has 0 spiro atoms. The molecule has 0 unspecified atom stereocenters. The van der Waals surface area contributed by atoms with Crippen LogP contribution in [-0.4, -0.2) is 10.2 Å². The van der Waals surface area contributed by atoms with E-state index in [1.807, 2.05) is 0 Å². The van der Waals surface area contributed by atoms with Crippen molar-refractivity contribution >= 4 is 5.57 Å². The smallest absolute Gasteiger partial charge is 0.123 e. The highest BCUT2D eigenvalue weighted by atomic mass is 16.3. The molecule has 64 valence electrons. The Morgan fingerprint density at radius 3 is 2.17 bits per heavy atom. The van der Waals surface area contributed by atoms with Gasteiger partial charge in [0.1, 0.15) is 11.5 Å². The van der Waals surface area contributed by atoms with Gasteiger partial charge in [0.2, 0.25) is 0 Å². The lowest BCUT2D eigenvalue weighted by Crippen LogP contribution is -1.86. The van der Waals surface area contributed by atoms with Gasteiger partial charge in [-0.15, -0.1) is 0 Å². The summed E-state index contributed by atoms with van der Waals surface area (Å²) in [5, 5.41) is 18.7. The van der Waals surface area contributed by atoms with E-state index >= 15 is 0 Å². The lowest BCUT2D eigenvalue weighted by Gasteiger charge is -2.08. The Hall–Kier alpha value is -1.44. The van der Waals surface area contributed by atoms with Gasteiger partial charge in [0.05, 0.1) is 0 Å². The summed E-state index contributed by atoms with van der Waals surface area (Å²) in [4.78, 5) is 0. The zero-order chi connectivity index (χ0) is 9.30. The molecule has 0 aromatic heterocycles. The van der Waals surface area contributed by atoms with Crippen LogP contribution in [0.15, 0.2) is 18.7 Å². The fraction of sp³-hybridized carbons (Fsp3) is 0.200. The SMILES string of the molecule is C=C(C)c1c(O)ccc(O)c1C. The van der Waals surface area contributed by atoms with Crippen molar-refractivity contribution in [3.8, 4) is 11.5 Å². The number of phenols is 2. The number of aromatic hydroxyl groups is 2. The summed E-state index contributed by atoms with van der Waals surface area (Å²) < 4.78 is 0. The van der Waals surface area contributed by atoms with Crippen LogP contribution in [0.3, 0.4) is 0 Å². The molecular weight excluding hydrogens is 152 g/mol. The molecule has 0 fully saturated rings. The first-order valence-corrected chi connectivity index (χ1v) is 3.71. The third-order valence-electron chi connectivity index (χ3n) is 1.84. The van der Waals surface area contributed by atoms with E-state index in [4.69, 9.17) is 0 Å². The minimum Gasteiger partial charge on any atom is -0.508 e. The highest BCUT2D eigenvalue weighted by Gasteiger charge is 2.08. The molecule has 2 N–H and O–H groups in total. The van der Waals surface area contributed by atoms with Crippen molar-refractivity contribution in [3.63, 3.8) is 0 Å². The highest BCUT2D eigenvalue weighted by molar-refractivity contribution is 5.71. The Kier molecular flexibility index (Phi) is 2.09. The molecule has 2 nitrogen and oxygen atoms in total. The van der Waals surface area contributed by atoms with Crippen LogP contribution in [0.2, 0.25) is 0 Å². The van der Waals surface area contributed by atoms with Gasteiger partial charge in [-0.2, -0.15) is 0 Å². The van der Waals surface area contributed by atoms with Gasteiger partial charge >= 0.3 is 0 Å². The molecule has 0 radical (unpaired) electrons. The first-order chi connectivity index (χ1) is 5.54. The quantitative estimate of drug-likeness (QED) is 0.626. The molecule has 0 atom stereocenters. The van der Waals surface area contributed by atoms with Crippen molar-refractivity contribution in [1.82, 2.24) is 0 Å². The molecule has 0 aliphatic rings. The topological polar surface area (TPSA) is 40.5 Å². The zero-order valence-corrected chi connectivity index (χ0v) is 7.26. The highest BCUT2D eigenvalue weighted by Crippen LogP contribution is 2.32. The molecule has 0 amide bonds. The van der Waals surface area contributed by atoms with Crippen LogP contribution in [-0.2, 0) is 0 Å². The Morgan fingerprint density at radius 2 is 1.75 bits per heavy atom. The number of benzene rings is 1. The van der Waals surface area contributed by atoms with Crippen LogP contribution in [0.1, 0.15) is 18.1 Å². The average Bonchev–Trinajstić information content (AvgIpc) is 1.97. The second-order valence-corrected chi connectivity index (χ2v) is 2.88. The molecule has 0 heterocycles. The standard InChI is InChI=1S/C10H12O2/c1-6(2)10-7(3)8(11)4-5-9(10)12/h4-5,11-12H,1H2,2-3H3. The van der Waals surface area contributed by atoms with E-state index in [1.165, 1.54) is 12.1 Å². The molecule has 0 saturated carbocycles.